The molecule has 104 valence electrons. The summed E-state index contributed by atoms with van der Waals surface area (Å²) in [7, 11) is 0. The van der Waals surface area contributed by atoms with Gasteiger partial charge in [0.25, 0.3) is 0 Å². The van der Waals surface area contributed by atoms with Crippen molar-refractivity contribution < 1.29 is 4.74 Å². The Bertz CT molecular complexity index is 568. The Balaban J connectivity index is 1.62. The highest BCUT2D eigenvalue weighted by molar-refractivity contribution is 5.35. The van der Waals surface area contributed by atoms with Gasteiger partial charge in [0.15, 0.2) is 0 Å². The van der Waals surface area contributed by atoms with Crippen molar-refractivity contribution in [3.63, 3.8) is 0 Å². The summed E-state index contributed by atoms with van der Waals surface area (Å²) in [6.07, 6.45) is 2.10. The minimum Gasteiger partial charge on any atom is -0.493 e. The van der Waals surface area contributed by atoms with Gasteiger partial charge >= 0.3 is 0 Å². The van der Waals surface area contributed by atoms with Gasteiger partial charge < -0.3 is 10.1 Å². The Labute approximate surface area is 119 Å². The minimum absolute atomic E-state index is 0.557. The van der Waals surface area contributed by atoms with Gasteiger partial charge in [-0.2, -0.15) is 5.10 Å². The normalized spacial score (nSPS) is 17.8. The summed E-state index contributed by atoms with van der Waals surface area (Å²) < 4.78 is 5.79. The third-order valence-corrected chi connectivity index (χ3v) is 3.63. The quantitative estimate of drug-likeness (QED) is 0.930. The second-order valence-corrected chi connectivity index (χ2v) is 5.26. The molecule has 0 bridgehead atoms. The zero-order chi connectivity index (χ0) is 13.8. The summed E-state index contributed by atoms with van der Waals surface area (Å²) in [6, 6.07) is 12.3. The molecule has 3 rings (SSSR count). The number of rotatable bonds is 3. The summed E-state index contributed by atoms with van der Waals surface area (Å²) in [5.41, 5.74) is 2.24. The van der Waals surface area contributed by atoms with E-state index in [0.29, 0.717) is 5.92 Å². The van der Waals surface area contributed by atoms with Crippen LogP contribution in [0.1, 0.15) is 17.7 Å². The van der Waals surface area contributed by atoms with E-state index in [1.54, 1.807) is 0 Å². The van der Waals surface area contributed by atoms with Crippen LogP contribution in [0.3, 0.4) is 0 Å². The predicted molar refractivity (Wildman–Crippen MR) is 79.0 cm³/mol. The van der Waals surface area contributed by atoms with Gasteiger partial charge in [0.05, 0.1) is 12.3 Å². The van der Waals surface area contributed by atoms with Gasteiger partial charge in [-0.15, -0.1) is 5.10 Å². The molecule has 0 amide bonds. The molecule has 4 heteroatoms. The van der Waals surface area contributed by atoms with Crippen molar-refractivity contribution in [2.24, 2.45) is 5.92 Å². The number of anilines is 1. The Morgan fingerprint density at radius 3 is 2.95 bits per heavy atom. The molecule has 1 aromatic heterocycles. The molecule has 4 nitrogen and oxygen atoms in total. The van der Waals surface area contributed by atoms with Crippen LogP contribution in [0.25, 0.3) is 0 Å². The van der Waals surface area contributed by atoms with Gasteiger partial charge in [0.1, 0.15) is 11.6 Å². The van der Waals surface area contributed by atoms with Crippen LogP contribution in [0.4, 0.5) is 5.82 Å². The molecule has 0 aliphatic carbocycles. The molecule has 20 heavy (non-hydrogen) atoms. The lowest BCUT2D eigenvalue weighted by Crippen LogP contribution is -2.18. The molecule has 1 aliphatic rings. The molecule has 1 N–H and O–H groups in total. The number of ether oxygens (including phenoxy) is 1. The van der Waals surface area contributed by atoms with E-state index < -0.39 is 0 Å². The maximum atomic E-state index is 5.79. The second-order valence-electron chi connectivity index (χ2n) is 5.26. The van der Waals surface area contributed by atoms with Crippen LogP contribution in [0, 0.1) is 12.8 Å². The largest absolute Gasteiger partial charge is 0.493 e. The number of aryl methyl sites for hydroxylation is 1. The van der Waals surface area contributed by atoms with Gasteiger partial charge in [-0.25, -0.2) is 0 Å². The van der Waals surface area contributed by atoms with E-state index in [1.165, 1.54) is 5.56 Å². The first kappa shape index (κ1) is 12.9. The number of hydrogen-bond acceptors (Lipinski definition) is 4. The molecule has 0 radical (unpaired) electrons. The third-order valence-electron chi connectivity index (χ3n) is 3.63. The fourth-order valence-corrected chi connectivity index (χ4v) is 2.48. The van der Waals surface area contributed by atoms with Crippen LogP contribution in [-0.4, -0.2) is 23.3 Å². The maximum absolute atomic E-state index is 5.79. The highest BCUT2D eigenvalue weighted by Crippen LogP contribution is 2.26. The first-order valence-corrected chi connectivity index (χ1v) is 7.06. The first-order valence-electron chi connectivity index (χ1n) is 7.06. The van der Waals surface area contributed by atoms with E-state index in [1.807, 2.05) is 25.1 Å². The van der Waals surface area contributed by atoms with Crippen molar-refractivity contribution in [2.75, 3.05) is 18.5 Å². The fraction of sp³-hybridized carbons (Fsp3) is 0.375. The molecule has 1 aromatic carbocycles. The van der Waals surface area contributed by atoms with Crippen molar-refractivity contribution in [1.29, 1.82) is 0 Å². The van der Waals surface area contributed by atoms with E-state index >= 15 is 0 Å². The van der Waals surface area contributed by atoms with Crippen LogP contribution >= 0.6 is 0 Å². The summed E-state index contributed by atoms with van der Waals surface area (Å²) in [5.74, 6) is 2.43. The van der Waals surface area contributed by atoms with Crippen LogP contribution < -0.4 is 10.1 Å². The molecule has 0 fully saturated rings. The molecule has 1 aliphatic heterocycles. The summed E-state index contributed by atoms with van der Waals surface area (Å²) in [4.78, 5) is 0. The third kappa shape index (κ3) is 3.07. The predicted octanol–water partition coefficient (Wildman–Crippen LogP) is 2.84. The van der Waals surface area contributed by atoms with E-state index in [0.717, 1.165) is 43.3 Å². The first-order chi connectivity index (χ1) is 9.81. The lowest BCUT2D eigenvalue weighted by molar-refractivity contribution is 0.298. The molecule has 0 unspecified atom stereocenters. The molecule has 2 aromatic rings. The smallest absolute Gasteiger partial charge is 0.148 e. The standard InChI is InChI=1S/C16H19N3O/c1-12-6-7-16(19-18-12)17-11-13-8-9-20-15-5-3-2-4-14(15)10-13/h2-7,13H,8-11H2,1H3,(H,17,19)/t13-/m0/s1. The van der Waals surface area contributed by atoms with Crippen molar-refractivity contribution >= 4 is 5.82 Å². The summed E-state index contributed by atoms with van der Waals surface area (Å²) >= 11 is 0. The van der Waals surface area contributed by atoms with Gasteiger partial charge in [-0.05, 0) is 49.4 Å². The Hall–Kier alpha value is -2.10. The van der Waals surface area contributed by atoms with Crippen molar-refractivity contribution in [3.8, 4) is 5.75 Å². The monoisotopic (exact) mass is 269 g/mol. The van der Waals surface area contributed by atoms with Gasteiger partial charge in [0, 0.05) is 6.54 Å². The Morgan fingerprint density at radius 1 is 1.20 bits per heavy atom. The molecule has 1 atom stereocenters. The van der Waals surface area contributed by atoms with E-state index in [4.69, 9.17) is 4.74 Å². The summed E-state index contributed by atoms with van der Waals surface area (Å²) in [6.45, 7) is 3.62. The SMILES string of the molecule is Cc1ccc(NC[C@H]2CCOc3ccccc3C2)nn1. The van der Waals surface area contributed by atoms with Gasteiger partial charge in [0.2, 0.25) is 0 Å². The minimum atomic E-state index is 0.557. The van der Waals surface area contributed by atoms with Gasteiger partial charge in [-0.1, -0.05) is 18.2 Å². The highest BCUT2D eigenvalue weighted by atomic mass is 16.5. The molecule has 0 spiro atoms. The molecule has 0 saturated carbocycles. The van der Waals surface area contributed by atoms with Crippen molar-refractivity contribution in [1.82, 2.24) is 10.2 Å². The number of nitrogens with zero attached hydrogens (tertiary/aromatic N) is 2. The van der Waals surface area contributed by atoms with E-state index in [-0.39, 0.29) is 0 Å². The molecular formula is C16H19N3O. The second kappa shape index (κ2) is 5.90. The average Bonchev–Trinajstić information content (AvgIpc) is 2.68. The number of fused-ring (bicyclic) bond motifs is 1. The van der Waals surface area contributed by atoms with E-state index in [2.05, 4.69) is 33.7 Å². The molecular weight excluding hydrogens is 250 g/mol. The summed E-state index contributed by atoms with van der Waals surface area (Å²) in [5, 5.41) is 11.6. The maximum Gasteiger partial charge on any atom is 0.148 e. The van der Waals surface area contributed by atoms with Gasteiger partial charge in [-0.3, -0.25) is 0 Å². The fourth-order valence-electron chi connectivity index (χ4n) is 2.48. The number of benzene rings is 1. The number of nitrogens with one attached hydrogen (secondary N) is 1. The highest BCUT2D eigenvalue weighted by Gasteiger charge is 2.17. The molecule has 2 heterocycles. The number of hydrogen-bond donors (Lipinski definition) is 1. The Morgan fingerprint density at radius 2 is 2.10 bits per heavy atom. The molecule has 0 saturated heterocycles. The van der Waals surface area contributed by atoms with Crippen molar-refractivity contribution in [2.45, 2.75) is 19.8 Å². The van der Waals surface area contributed by atoms with Crippen LogP contribution in [0.5, 0.6) is 5.75 Å². The number of para-hydroxylation sites is 1. The van der Waals surface area contributed by atoms with E-state index in [9.17, 15) is 0 Å². The number of aromatic nitrogens is 2. The average molecular weight is 269 g/mol. The Kier molecular flexibility index (Phi) is 3.81. The van der Waals surface area contributed by atoms with Crippen LogP contribution in [0.15, 0.2) is 36.4 Å². The lowest BCUT2D eigenvalue weighted by Gasteiger charge is -2.14. The zero-order valence-electron chi connectivity index (χ0n) is 11.7. The lowest BCUT2D eigenvalue weighted by atomic mass is 9.97. The van der Waals surface area contributed by atoms with Crippen molar-refractivity contribution in [3.05, 3.63) is 47.7 Å². The van der Waals surface area contributed by atoms with Crippen LogP contribution in [0.2, 0.25) is 0 Å². The topological polar surface area (TPSA) is 47.0 Å². The van der Waals surface area contributed by atoms with Crippen LogP contribution in [-0.2, 0) is 6.42 Å². The zero-order valence-corrected chi connectivity index (χ0v) is 11.7.